The van der Waals surface area contributed by atoms with Gasteiger partial charge in [-0.2, -0.15) is 18.2 Å². The van der Waals surface area contributed by atoms with E-state index in [4.69, 9.17) is 4.74 Å². The molecule has 0 saturated carbocycles. The molecule has 0 fully saturated rings. The molecule has 0 amide bonds. The third-order valence-corrected chi connectivity index (χ3v) is 3.71. The van der Waals surface area contributed by atoms with Crippen LogP contribution >= 0.6 is 0 Å². The van der Waals surface area contributed by atoms with Crippen LogP contribution in [0.3, 0.4) is 0 Å². The summed E-state index contributed by atoms with van der Waals surface area (Å²) in [7, 11) is 0. The minimum absolute atomic E-state index is 0. The minimum atomic E-state index is -0.538. The van der Waals surface area contributed by atoms with Gasteiger partial charge in [0.25, 0.3) is 0 Å². The molecule has 5 heteroatoms. The van der Waals surface area contributed by atoms with Crippen LogP contribution in [-0.2, 0) is 39.1 Å². The Morgan fingerprint density at radius 3 is 3.18 bits per heavy atom. The third-order valence-electron chi connectivity index (χ3n) is 3.71. The van der Waals surface area contributed by atoms with E-state index in [1.165, 1.54) is 5.56 Å². The van der Waals surface area contributed by atoms with E-state index < -0.39 is 6.10 Å². The Kier molecular flexibility index (Phi) is 6.96. The van der Waals surface area contributed by atoms with Gasteiger partial charge in [-0.15, -0.1) is 11.6 Å². The molecule has 2 N–H and O–H groups in total. The van der Waals surface area contributed by atoms with Crippen LogP contribution < -0.4 is 10.1 Å². The number of nitrogens with one attached hydrogen (secondary N) is 1. The normalized spacial score (nSPS) is 17.8. The quantitative estimate of drug-likeness (QED) is 0.788. The maximum Gasteiger partial charge on any atom is 0.107 e. The summed E-state index contributed by atoms with van der Waals surface area (Å²) in [4.78, 5) is 4.01. The number of pyridine rings is 1. The van der Waals surface area contributed by atoms with Crippen molar-refractivity contribution in [3.05, 3.63) is 59.9 Å². The average molecular weight is 372 g/mol. The predicted molar refractivity (Wildman–Crippen MR) is 80.1 cm³/mol. The zero-order valence-corrected chi connectivity index (χ0v) is 15.2. The van der Waals surface area contributed by atoms with E-state index in [1.807, 2.05) is 30.3 Å². The fourth-order valence-corrected chi connectivity index (χ4v) is 2.53. The monoisotopic (exact) mass is 372 g/mol. The molecule has 0 aliphatic carbocycles. The number of aliphatic hydroxyl groups excluding tert-OH is 1. The number of rotatable bonds is 5. The van der Waals surface area contributed by atoms with Crippen molar-refractivity contribution in [2.45, 2.75) is 25.0 Å². The van der Waals surface area contributed by atoms with Gasteiger partial charge in [-0.05, 0) is 12.5 Å². The van der Waals surface area contributed by atoms with Crippen LogP contribution in [0, 0.1) is 6.07 Å². The molecule has 4 nitrogen and oxygen atoms in total. The van der Waals surface area contributed by atoms with E-state index in [9.17, 15) is 5.11 Å². The Labute approximate surface area is 156 Å². The van der Waals surface area contributed by atoms with E-state index in [0.29, 0.717) is 6.54 Å². The Morgan fingerprint density at radius 2 is 2.36 bits per heavy atom. The molecule has 1 aliphatic heterocycles. The Morgan fingerprint density at radius 1 is 1.45 bits per heavy atom. The molecule has 2 atom stereocenters. The molecule has 1 aliphatic rings. The van der Waals surface area contributed by atoms with Crippen LogP contribution in [0.4, 0.5) is 0 Å². The Hall–Kier alpha value is -0.806. The topological polar surface area (TPSA) is 54.4 Å². The van der Waals surface area contributed by atoms with Gasteiger partial charge in [0, 0.05) is 69.5 Å². The van der Waals surface area contributed by atoms with Crippen molar-refractivity contribution in [3.8, 4) is 5.75 Å². The van der Waals surface area contributed by atoms with Crippen molar-refractivity contribution in [1.82, 2.24) is 10.3 Å². The molecule has 0 saturated heterocycles. The molecule has 1 radical (unpaired) electrons. The molecule has 1 aromatic carbocycles. The number of ether oxygens (including phenoxy) is 1. The maximum atomic E-state index is 10.1. The van der Waals surface area contributed by atoms with Crippen LogP contribution in [0.2, 0.25) is 0 Å². The first-order valence-electron chi connectivity index (χ1n) is 7.27. The van der Waals surface area contributed by atoms with Gasteiger partial charge >= 0.3 is 0 Å². The van der Waals surface area contributed by atoms with Gasteiger partial charge in [0.2, 0.25) is 0 Å². The van der Waals surface area contributed by atoms with Crippen LogP contribution in [0.5, 0.6) is 5.75 Å². The molecule has 2 aromatic rings. The van der Waals surface area contributed by atoms with E-state index in [-0.39, 0.29) is 38.8 Å². The average Bonchev–Trinajstić information content (AvgIpc) is 2.55. The molecule has 0 spiro atoms. The number of hydrogen-bond acceptors (Lipinski definition) is 4. The van der Waals surface area contributed by atoms with Crippen molar-refractivity contribution in [3.63, 3.8) is 0 Å². The summed E-state index contributed by atoms with van der Waals surface area (Å²) in [6.45, 7) is 1.23. The second-order valence-electron chi connectivity index (χ2n) is 5.27. The number of nitrogens with zero attached hydrogens (tertiary/aromatic N) is 1. The predicted octanol–water partition coefficient (Wildman–Crippen LogP) is 1.90. The first-order valence-corrected chi connectivity index (χ1v) is 7.27. The summed E-state index contributed by atoms with van der Waals surface area (Å²) < 4.78 is 5.94. The van der Waals surface area contributed by atoms with Gasteiger partial charge in [0.15, 0.2) is 0 Å². The number of hydrogen-bond donors (Lipinski definition) is 2. The second-order valence-corrected chi connectivity index (χ2v) is 5.27. The van der Waals surface area contributed by atoms with Crippen LogP contribution in [0.1, 0.15) is 23.7 Å². The number of benzene rings is 1. The molecule has 113 valence electrons. The maximum absolute atomic E-state index is 10.1. The van der Waals surface area contributed by atoms with Gasteiger partial charge in [-0.3, -0.25) is 4.98 Å². The largest absolute Gasteiger partial charge is 0.514 e. The summed E-state index contributed by atoms with van der Waals surface area (Å²) in [5, 5.41) is 13.3. The van der Waals surface area contributed by atoms with Crippen molar-refractivity contribution >= 4 is 0 Å². The molecule has 3 rings (SSSR count). The molecule has 22 heavy (non-hydrogen) atoms. The van der Waals surface area contributed by atoms with Crippen molar-refractivity contribution < 1.29 is 42.6 Å². The summed E-state index contributed by atoms with van der Waals surface area (Å²) in [5.41, 5.74) is 2.06. The van der Waals surface area contributed by atoms with E-state index in [0.717, 1.165) is 30.7 Å². The first-order chi connectivity index (χ1) is 10.3. The van der Waals surface area contributed by atoms with E-state index in [1.54, 1.807) is 12.4 Å². The SMILES string of the molecule is O[C@@H](CNC[C@H]1CCc2c[c-]ccc2O1)c1cccnc1.[Y]. The summed E-state index contributed by atoms with van der Waals surface area (Å²) >= 11 is 0. The van der Waals surface area contributed by atoms with Crippen LogP contribution in [-0.4, -0.2) is 29.3 Å². The van der Waals surface area contributed by atoms with Crippen LogP contribution in [0.15, 0.2) is 42.7 Å². The number of aryl methyl sites for hydroxylation is 1. The molecular formula is C17H19N2O2Y-. The first kappa shape index (κ1) is 17.5. The number of aliphatic hydroxyl groups is 1. The Balaban J connectivity index is 0.00000176. The van der Waals surface area contributed by atoms with Crippen molar-refractivity contribution in [1.29, 1.82) is 0 Å². The van der Waals surface area contributed by atoms with Gasteiger partial charge in [0.05, 0.1) is 6.10 Å². The molecule has 2 heterocycles. The molecular weight excluding hydrogens is 353 g/mol. The van der Waals surface area contributed by atoms with Gasteiger partial charge in [-0.25, -0.2) is 0 Å². The van der Waals surface area contributed by atoms with E-state index in [2.05, 4.69) is 16.4 Å². The molecule has 0 bridgehead atoms. The van der Waals surface area contributed by atoms with Gasteiger partial charge in [0.1, 0.15) is 6.10 Å². The molecule has 1 aromatic heterocycles. The second kappa shape index (κ2) is 8.73. The fourth-order valence-electron chi connectivity index (χ4n) is 2.53. The van der Waals surface area contributed by atoms with E-state index >= 15 is 0 Å². The zero-order valence-electron chi connectivity index (χ0n) is 12.4. The number of aromatic nitrogens is 1. The standard InChI is InChI=1S/C17H19N2O2.Y/c20-16(14-5-3-9-18-10-14)12-19-11-15-8-7-13-4-1-2-6-17(13)21-15;/h2-6,9-10,15-16,19-20H,7-8,11-12H2;/q-1;/t15-,16+;/m1./s1. The van der Waals surface area contributed by atoms with Crippen molar-refractivity contribution in [2.24, 2.45) is 0 Å². The smallest absolute Gasteiger partial charge is 0.107 e. The fraction of sp³-hybridized carbons (Fsp3) is 0.353. The summed E-state index contributed by atoms with van der Waals surface area (Å²) in [6.07, 6.45) is 5.01. The minimum Gasteiger partial charge on any atom is -0.514 e. The Bertz CT molecular complexity index is 580. The third kappa shape index (κ3) is 4.59. The summed E-state index contributed by atoms with van der Waals surface area (Å²) in [5.74, 6) is 0.958. The van der Waals surface area contributed by atoms with Gasteiger partial charge < -0.3 is 15.2 Å². The molecule has 0 unspecified atom stereocenters. The number of fused-ring (bicyclic) bond motifs is 1. The van der Waals surface area contributed by atoms with Crippen molar-refractivity contribution in [2.75, 3.05) is 13.1 Å². The summed E-state index contributed by atoms with van der Waals surface area (Å²) in [6, 6.07) is 12.6. The van der Waals surface area contributed by atoms with Crippen LogP contribution in [0.25, 0.3) is 0 Å². The zero-order chi connectivity index (χ0) is 14.5. The van der Waals surface area contributed by atoms with Gasteiger partial charge in [-0.1, -0.05) is 12.5 Å².